The van der Waals surface area contributed by atoms with Crippen molar-refractivity contribution < 1.29 is 13.6 Å². The molecule has 1 saturated heterocycles. The number of rotatable bonds is 5. The van der Waals surface area contributed by atoms with Crippen molar-refractivity contribution in [1.29, 1.82) is 0 Å². The lowest BCUT2D eigenvalue weighted by atomic mass is 10.0. The number of amides is 1. The fourth-order valence-corrected chi connectivity index (χ4v) is 7.83. The Labute approximate surface area is 198 Å². The third-order valence-corrected chi connectivity index (χ3v) is 9.21. The highest BCUT2D eigenvalue weighted by Gasteiger charge is 2.49. The standard InChI is InChI=1S/C23H25F2N5OS2/c24-23(25)7-13-11-30(12-14(13)8-23)6-3-19(31)29-22-20(15-1-4-27-10-18(15)33-22)21-28-16-9-26-5-2-17(16)32-21/h2,5,9,13-14,27H,1,3-4,6-8,10-12H2,(H,29,31)/t13-,14+. The van der Waals surface area contributed by atoms with Gasteiger partial charge < -0.3 is 15.5 Å². The number of hydrogen-bond donors (Lipinski definition) is 2. The van der Waals surface area contributed by atoms with Gasteiger partial charge in [0.25, 0.3) is 0 Å². The monoisotopic (exact) mass is 489 g/mol. The minimum Gasteiger partial charge on any atom is -0.317 e. The van der Waals surface area contributed by atoms with Crippen LogP contribution in [0.5, 0.6) is 0 Å². The molecule has 0 radical (unpaired) electrons. The topological polar surface area (TPSA) is 70.2 Å². The Kier molecular flexibility index (Phi) is 5.44. The van der Waals surface area contributed by atoms with Crippen LogP contribution >= 0.6 is 22.7 Å². The summed E-state index contributed by atoms with van der Waals surface area (Å²) >= 11 is 3.25. The minimum atomic E-state index is -2.50. The number of nitrogens with zero attached hydrogens (tertiary/aromatic N) is 3. The first-order chi connectivity index (χ1) is 15.9. The van der Waals surface area contributed by atoms with Crippen molar-refractivity contribution in [2.45, 2.75) is 38.2 Å². The number of aromatic nitrogens is 2. The van der Waals surface area contributed by atoms with Crippen LogP contribution in [0.4, 0.5) is 13.8 Å². The van der Waals surface area contributed by atoms with Gasteiger partial charge in [0.1, 0.15) is 15.5 Å². The van der Waals surface area contributed by atoms with Gasteiger partial charge in [-0.1, -0.05) is 0 Å². The molecule has 2 atom stereocenters. The van der Waals surface area contributed by atoms with Gasteiger partial charge in [-0.05, 0) is 36.4 Å². The predicted octanol–water partition coefficient (Wildman–Crippen LogP) is 4.37. The van der Waals surface area contributed by atoms with Crippen LogP contribution in [-0.4, -0.2) is 52.9 Å². The molecular weight excluding hydrogens is 464 g/mol. The number of fused-ring (bicyclic) bond motifs is 3. The SMILES string of the molecule is O=C(CCN1C[C@@H]2CC(F)(F)C[C@@H]2C1)Nc1sc2c(c1-c1nc3cnccc3s1)CCNC2. The molecule has 1 amide bonds. The van der Waals surface area contributed by atoms with E-state index in [1.165, 1.54) is 10.4 Å². The highest BCUT2D eigenvalue weighted by molar-refractivity contribution is 7.22. The first-order valence-corrected chi connectivity index (χ1v) is 13.0. The summed E-state index contributed by atoms with van der Waals surface area (Å²) in [5.41, 5.74) is 3.19. The molecule has 2 fully saturated rings. The van der Waals surface area contributed by atoms with Gasteiger partial charge in [0, 0.05) is 62.1 Å². The number of pyridine rings is 1. The number of anilines is 1. The molecule has 10 heteroatoms. The summed E-state index contributed by atoms with van der Waals surface area (Å²) in [7, 11) is 0. The number of carbonyl (C=O) groups is 1. The van der Waals surface area contributed by atoms with Crippen molar-refractivity contribution in [2.24, 2.45) is 11.8 Å². The van der Waals surface area contributed by atoms with Gasteiger partial charge in [-0.2, -0.15) is 0 Å². The summed E-state index contributed by atoms with van der Waals surface area (Å²) < 4.78 is 28.3. The fraction of sp³-hybridized carbons (Fsp3) is 0.522. The van der Waals surface area contributed by atoms with E-state index in [1.54, 1.807) is 35.1 Å². The van der Waals surface area contributed by atoms with Gasteiger partial charge in [-0.15, -0.1) is 22.7 Å². The Bertz CT molecular complexity index is 1160. The van der Waals surface area contributed by atoms with E-state index in [4.69, 9.17) is 4.98 Å². The molecule has 2 aliphatic heterocycles. The fourth-order valence-electron chi connectivity index (χ4n) is 5.52. The highest BCUT2D eigenvalue weighted by Crippen LogP contribution is 2.47. The Morgan fingerprint density at radius 1 is 1.27 bits per heavy atom. The molecule has 0 aromatic carbocycles. The maximum absolute atomic E-state index is 13.6. The van der Waals surface area contributed by atoms with E-state index in [0.29, 0.717) is 26.1 Å². The average molecular weight is 490 g/mol. The van der Waals surface area contributed by atoms with E-state index in [9.17, 15) is 13.6 Å². The van der Waals surface area contributed by atoms with Crippen molar-refractivity contribution in [3.63, 3.8) is 0 Å². The summed E-state index contributed by atoms with van der Waals surface area (Å²) in [5, 5.41) is 8.34. The molecule has 0 unspecified atom stereocenters. The number of halogens is 2. The second kappa shape index (κ2) is 8.33. The zero-order valence-corrected chi connectivity index (χ0v) is 19.7. The normalized spacial score (nSPS) is 24.2. The zero-order valence-electron chi connectivity index (χ0n) is 18.1. The molecule has 0 bridgehead atoms. The number of hydrogen-bond acceptors (Lipinski definition) is 7. The third kappa shape index (κ3) is 4.18. The van der Waals surface area contributed by atoms with Crippen LogP contribution in [0.3, 0.4) is 0 Å². The van der Waals surface area contributed by atoms with Crippen molar-refractivity contribution in [2.75, 3.05) is 31.5 Å². The van der Waals surface area contributed by atoms with E-state index < -0.39 is 5.92 Å². The predicted molar refractivity (Wildman–Crippen MR) is 127 cm³/mol. The summed E-state index contributed by atoms with van der Waals surface area (Å²) in [6.45, 7) is 3.68. The number of thiazole rings is 1. The molecule has 3 aromatic heterocycles. The number of carbonyl (C=O) groups excluding carboxylic acids is 1. The molecule has 174 valence electrons. The molecule has 3 aliphatic rings. The number of thiophene rings is 1. The number of nitrogens with one attached hydrogen (secondary N) is 2. The quantitative estimate of drug-likeness (QED) is 0.557. The lowest BCUT2D eigenvalue weighted by Gasteiger charge is -2.18. The molecular formula is C23H25F2N5OS2. The van der Waals surface area contributed by atoms with Crippen LogP contribution in [0.25, 0.3) is 20.8 Å². The lowest BCUT2D eigenvalue weighted by Crippen LogP contribution is -2.28. The molecule has 3 aromatic rings. The summed E-state index contributed by atoms with van der Waals surface area (Å²) in [5.74, 6) is -2.40. The van der Waals surface area contributed by atoms with E-state index in [2.05, 4.69) is 20.5 Å². The molecule has 33 heavy (non-hydrogen) atoms. The molecule has 0 spiro atoms. The summed E-state index contributed by atoms with van der Waals surface area (Å²) in [6, 6.07) is 1.97. The van der Waals surface area contributed by atoms with Crippen LogP contribution in [0.2, 0.25) is 0 Å². The van der Waals surface area contributed by atoms with Crippen LogP contribution in [0.1, 0.15) is 29.7 Å². The second-order valence-electron chi connectivity index (χ2n) is 9.34. The van der Waals surface area contributed by atoms with Crippen molar-refractivity contribution in [3.05, 3.63) is 28.9 Å². The highest BCUT2D eigenvalue weighted by atomic mass is 32.1. The smallest absolute Gasteiger partial charge is 0.248 e. The van der Waals surface area contributed by atoms with Gasteiger partial charge in [-0.3, -0.25) is 9.78 Å². The van der Waals surface area contributed by atoms with Crippen molar-refractivity contribution in [3.8, 4) is 10.6 Å². The Morgan fingerprint density at radius 2 is 2.09 bits per heavy atom. The van der Waals surface area contributed by atoms with Crippen molar-refractivity contribution in [1.82, 2.24) is 20.2 Å². The van der Waals surface area contributed by atoms with Crippen LogP contribution in [0.15, 0.2) is 18.5 Å². The lowest BCUT2D eigenvalue weighted by molar-refractivity contribution is -0.116. The molecule has 5 heterocycles. The minimum absolute atomic E-state index is 0.00377. The van der Waals surface area contributed by atoms with Gasteiger partial charge in [-0.25, -0.2) is 13.8 Å². The number of alkyl halides is 2. The molecule has 1 aliphatic carbocycles. The molecule has 6 nitrogen and oxygen atoms in total. The van der Waals surface area contributed by atoms with E-state index >= 15 is 0 Å². The Morgan fingerprint density at radius 3 is 2.88 bits per heavy atom. The average Bonchev–Trinajstić information content (AvgIpc) is 3.50. The van der Waals surface area contributed by atoms with Crippen LogP contribution < -0.4 is 10.6 Å². The maximum Gasteiger partial charge on any atom is 0.248 e. The molecule has 6 rings (SSSR count). The Hall–Kier alpha value is -2.01. The van der Waals surface area contributed by atoms with Crippen LogP contribution in [-0.2, 0) is 17.8 Å². The summed E-state index contributed by atoms with van der Waals surface area (Å²) in [4.78, 5) is 25.3. The zero-order chi connectivity index (χ0) is 22.6. The van der Waals surface area contributed by atoms with Gasteiger partial charge >= 0.3 is 0 Å². The van der Waals surface area contributed by atoms with Gasteiger partial charge in [0.05, 0.1) is 10.9 Å². The van der Waals surface area contributed by atoms with E-state index in [0.717, 1.165) is 45.3 Å². The Balaban J connectivity index is 1.17. The van der Waals surface area contributed by atoms with Crippen LogP contribution in [0, 0.1) is 11.8 Å². The second-order valence-corrected chi connectivity index (χ2v) is 11.5. The first-order valence-electron chi connectivity index (χ1n) is 11.4. The van der Waals surface area contributed by atoms with Crippen molar-refractivity contribution >= 4 is 43.8 Å². The first kappa shape index (κ1) is 21.5. The van der Waals surface area contributed by atoms with E-state index in [1.807, 2.05) is 6.07 Å². The summed E-state index contributed by atoms with van der Waals surface area (Å²) in [6.07, 6.45) is 4.81. The number of likely N-dealkylation sites (tertiary alicyclic amines) is 1. The van der Waals surface area contributed by atoms with Gasteiger partial charge in [0.2, 0.25) is 11.8 Å². The molecule has 2 N–H and O–H groups in total. The van der Waals surface area contributed by atoms with Gasteiger partial charge in [0.15, 0.2) is 0 Å². The van der Waals surface area contributed by atoms with E-state index in [-0.39, 0.29) is 30.6 Å². The molecule has 1 saturated carbocycles. The maximum atomic E-state index is 13.6. The largest absolute Gasteiger partial charge is 0.317 e. The third-order valence-electron chi connectivity index (χ3n) is 7.01.